The number of nitrogens with one attached hydrogen (secondary N) is 3. The molecule has 3 N–H and O–H groups in total. The SMILES string of the molecule is CC(C)CNc1cc2c(cc1F)cc(-c1nc3ccccc3[nH]1)c(=O)n2N[C@@H]1CN2CCC1CC2. The van der Waals surface area contributed by atoms with E-state index in [1.54, 1.807) is 16.8 Å². The summed E-state index contributed by atoms with van der Waals surface area (Å²) in [6.45, 7) is 7.95. The lowest BCUT2D eigenvalue weighted by Crippen LogP contribution is -2.56. The van der Waals surface area contributed by atoms with Crippen molar-refractivity contribution in [3.63, 3.8) is 0 Å². The van der Waals surface area contributed by atoms with Gasteiger partial charge in [-0.3, -0.25) is 4.79 Å². The maximum absolute atomic E-state index is 15.1. The van der Waals surface area contributed by atoms with Crippen molar-refractivity contribution in [2.75, 3.05) is 36.9 Å². The number of hydrogen-bond acceptors (Lipinski definition) is 5. The number of halogens is 1. The number of rotatable bonds is 6. The summed E-state index contributed by atoms with van der Waals surface area (Å²) in [7, 11) is 0. The first-order valence-corrected chi connectivity index (χ1v) is 12.5. The van der Waals surface area contributed by atoms with E-state index in [-0.39, 0.29) is 17.4 Å². The van der Waals surface area contributed by atoms with Crippen LogP contribution >= 0.6 is 0 Å². The summed E-state index contributed by atoms with van der Waals surface area (Å²) in [5.74, 6) is 1.05. The van der Waals surface area contributed by atoms with E-state index in [1.807, 2.05) is 24.3 Å². The van der Waals surface area contributed by atoms with Crippen molar-refractivity contribution < 1.29 is 4.39 Å². The van der Waals surface area contributed by atoms with E-state index in [2.05, 4.69) is 39.5 Å². The lowest BCUT2D eigenvalue weighted by Gasteiger charge is -2.45. The maximum atomic E-state index is 15.1. The van der Waals surface area contributed by atoms with Crippen LogP contribution in [0.3, 0.4) is 0 Å². The molecule has 2 aromatic heterocycles. The minimum Gasteiger partial charge on any atom is -0.382 e. The Balaban J connectivity index is 1.50. The third-order valence-corrected chi connectivity index (χ3v) is 7.39. The zero-order valence-electron chi connectivity index (χ0n) is 20.1. The molecule has 0 radical (unpaired) electrons. The second-order valence-electron chi connectivity index (χ2n) is 10.3. The number of para-hydroxylation sites is 2. The molecule has 0 unspecified atom stereocenters. The van der Waals surface area contributed by atoms with E-state index < -0.39 is 0 Å². The highest BCUT2D eigenvalue weighted by Crippen LogP contribution is 2.30. The van der Waals surface area contributed by atoms with Gasteiger partial charge >= 0.3 is 0 Å². The van der Waals surface area contributed by atoms with Gasteiger partial charge in [0.2, 0.25) is 0 Å². The molecule has 5 heterocycles. The molecule has 0 aliphatic carbocycles. The van der Waals surface area contributed by atoms with Gasteiger partial charge < -0.3 is 20.6 Å². The zero-order chi connectivity index (χ0) is 24.1. The maximum Gasteiger partial charge on any atom is 0.280 e. The second-order valence-corrected chi connectivity index (χ2v) is 10.3. The van der Waals surface area contributed by atoms with Crippen molar-refractivity contribution in [1.29, 1.82) is 0 Å². The molecule has 3 aliphatic heterocycles. The Labute approximate surface area is 203 Å². The number of aromatic amines is 1. The summed E-state index contributed by atoms with van der Waals surface area (Å²) in [5.41, 5.74) is 6.51. The Morgan fingerprint density at radius 3 is 2.69 bits per heavy atom. The largest absolute Gasteiger partial charge is 0.382 e. The van der Waals surface area contributed by atoms with Crippen molar-refractivity contribution in [2.45, 2.75) is 32.7 Å². The molecule has 1 atom stereocenters. The molecule has 3 aliphatic rings. The molecular weight excluding hydrogens is 443 g/mol. The lowest BCUT2D eigenvalue weighted by atomic mass is 9.84. The average Bonchev–Trinajstić information content (AvgIpc) is 3.29. The smallest absolute Gasteiger partial charge is 0.280 e. The number of pyridine rings is 1. The second kappa shape index (κ2) is 8.68. The van der Waals surface area contributed by atoms with Crippen LogP contribution in [0, 0.1) is 17.7 Å². The third kappa shape index (κ3) is 4.05. The van der Waals surface area contributed by atoms with Gasteiger partial charge in [-0.15, -0.1) is 0 Å². The monoisotopic (exact) mass is 474 g/mol. The van der Waals surface area contributed by atoms with Crippen molar-refractivity contribution in [2.24, 2.45) is 11.8 Å². The van der Waals surface area contributed by atoms with Crippen molar-refractivity contribution in [1.82, 2.24) is 19.5 Å². The van der Waals surface area contributed by atoms with E-state index in [1.165, 1.54) is 6.07 Å². The standard InChI is InChI=1S/C27H31FN6O/c1-16(2)14-29-23-13-25-18(12-20(23)28)11-19(26-30-21-5-3-4-6-22(21)31-26)27(35)34(25)32-24-15-33-9-7-17(24)8-10-33/h3-6,11-13,16-17,24,29,32H,7-10,14-15H2,1-2H3,(H,30,31)/t24-/m1/s1. The molecule has 4 aromatic rings. The van der Waals surface area contributed by atoms with Gasteiger partial charge in [0.15, 0.2) is 0 Å². The summed E-state index contributed by atoms with van der Waals surface area (Å²) in [6, 6.07) is 12.9. The van der Waals surface area contributed by atoms with Crippen LogP contribution in [-0.4, -0.2) is 51.8 Å². The quantitative estimate of drug-likeness (QED) is 0.386. The Morgan fingerprint density at radius 2 is 1.97 bits per heavy atom. The van der Waals surface area contributed by atoms with E-state index in [4.69, 9.17) is 0 Å². The molecule has 35 heavy (non-hydrogen) atoms. The number of nitrogens with zero attached hydrogens (tertiary/aromatic N) is 3. The molecule has 2 aromatic carbocycles. The first-order chi connectivity index (χ1) is 17.0. The molecule has 0 amide bonds. The first-order valence-electron chi connectivity index (χ1n) is 12.5. The highest BCUT2D eigenvalue weighted by Gasteiger charge is 2.34. The lowest BCUT2D eigenvalue weighted by molar-refractivity contribution is 0.0926. The fourth-order valence-electron chi connectivity index (χ4n) is 5.44. The predicted octanol–water partition coefficient (Wildman–Crippen LogP) is 4.39. The normalized spacial score (nSPS) is 21.8. The van der Waals surface area contributed by atoms with Gasteiger partial charge in [0.25, 0.3) is 5.56 Å². The van der Waals surface area contributed by atoms with Crippen LogP contribution in [0.2, 0.25) is 0 Å². The van der Waals surface area contributed by atoms with Crippen molar-refractivity contribution in [3.05, 3.63) is 58.6 Å². The number of anilines is 1. The van der Waals surface area contributed by atoms with Crippen LogP contribution in [0.4, 0.5) is 10.1 Å². The van der Waals surface area contributed by atoms with Gasteiger partial charge in [0, 0.05) is 18.5 Å². The summed E-state index contributed by atoms with van der Waals surface area (Å²) < 4.78 is 16.7. The van der Waals surface area contributed by atoms with E-state index >= 15 is 4.39 Å². The highest BCUT2D eigenvalue weighted by atomic mass is 19.1. The van der Waals surface area contributed by atoms with Gasteiger partial charge in [-0.05, 0) is 68.1 Å². The van der Waals surface area contributed by atoms with Gasteiger partial charge in [-0.25, -0.2) is 14.1 Å². The van der Waals surface area contributed by atoms with Crippen LogP contribution in [0.1, 0.15) is 26.7 Å². The van der Waals surface area contributed by atoms with Crippen LogP contribution in [0.15, 0.2) is 47.3 Å². The van der Waals surface area contributed by atoms with Crippen LogP contribution in [-0.2, 0) is 0 Å². The van der Waals surface area contributed by atoms with Crippen LogP contribution < -0.4 is 16.3 Å². The van der Waals surface area contributed by atoms with E-state index in [0.717, 1.165) is 43.5 Å². The molecule has 2 bridgehead atoms. The zero-order valence-corrected chi connectivity index (χ0v) is 20.1. The summed E-state index contributed by atoms with van der Waals surface area (Å²) in [6.07, 6.45) is 2.26. The average molecular weight is 475 g/mol. The van der Waals surface area contributed by atoms with Crippen molar-refractivity contribution >= 4 is 27.6 Å². The van der Waals surface area contributed by atoms with Gasteiger partial charge in [-0.2, -0.15) is 0 Å². The minimum absolute atomic E-state index is 0.168. The van der Waals surface area contributed by atoms with E-state index in [9.17, 15) is 4.79 Å². The molecule has 0 spiro atoms. The molecule has 3 fully saturated rings. The summed E-state index contributed by atoms with van der Waals surface area (Å²) in [5, 5.41) is 3.86. The van der Waals surface area contributed by atoms with Gasteiger partial charge in [0.1, 0.15) is 11.6 Å². The molecule has 7 rings (SSSR count). The topological polar surface area (TPSA) is 78.0 Å². The van der Waals surface area contributed by atoms with Crippen LogP contribution in [0.25, 0.3) is 33.3 Å². The Kier molecular flexibility index (Phi) is 5.48. The molecule has 8 heteroatoms. The number of aromatic nitrogens is 3. The number of fused-ring (bicyclic) bond motifs is 5. The van der Waals surface area contributed by atoms with E-state index in [0.29, 0.717) is 46.4 Å². The van der Waals surface area contributed by atoms with Gasteiger partial charge in [-0.1, -0.05) is 26.0 Å². The number of benzene rings is 2. The number of imidazole rings is 1. The Bertz CT molecular complexity index is 1420. The van der Waals surface area contributed by atoms with Crippen LogP contribution in [0.5, 0.6) is 0 Å². The molecule has 3 saturated heterocycles. The fourth-order valence-corrected chi connectivity index (χ4v) is 5.44. The number of H-pyrrole nitrogens is 1. The summed E-state index contributed by atoms with van der Waals surface area (Å²) >= 11 is 0. The first kappa shape index (κ1) is 22.1. The fraction of sp³-hybridized carbons (Fsp3) is 0.407. The molecule has 182 valence electrons. The number of hydrogen-bond donors (Lipinski definition) is 3. The predicted molar refractivity (Wildman–Crippen MR) is 139 cm³/mol. The Morgan fingerprint density at radius 1 is 1.17 bits per heavy atom. The summed E-state index contributed by atoms with van der Waals surface area (Å²) in [4.78, 5) is 24.3. The minimum atomic E-state index is -0.332. The highest BCUT2D eigenvalue weighted by molar-refractivity contribution is 5.88. The number of piperidine rings is 3. The molecule has 0 saturated carbocycles. The third-order valence-electron chi connectivity index (χ3n) is 7.39. The van der Waals surface area contributed by atoms with Gasteiger partial charge in [0.05, 0.1) is 33.8 Å². The Hall–Kier alpha value is -3.39. The molecular formula is C27H31FN6O. The van der Waals surface area contributed by atoms with Crippen molar-refractivity contribution in [3.8, 4) is 11.4 Å². The molecule has 7 nitrogen and oxygen atoms in total.